The second-order valence-electron chi connectivity index (χ2n) is 8.67. The number of hydrogen-bond acceptors (Lipinski definition) is 5. The van der Waals surface area contributed by atoms with Crippen LogP contribution in [0.2, 0.25) is 0 Å². The van der Waals surface area contributed by atoms with Gasteiger partial charge >= 0.3 is 0 Å². The third kappa shape index (κ3) is 5.37. The molecule has 0 saturated carbocycles. The molecule has 1 heterocycles. The molecule has 3 aromatic rings. The Hall–Kier alpha value is -3.27. The number of rotatable bonds is 8. The van der Waals surface area contributed by atoms with Crippen LogP contribution in [0.15, 0.2) is 71.6 Å². The second-order valence-corrected chi connectivity index (χ2v) is 10.3. The number of halogens is 1. The maximum atomic E-state index is 13.4. The second kappa shape index (κ2) is 10.2. The van der Waals surface area contributed by atoms with Crippen molar-refractivity contribution in [3.63, 3.8) is 0 Å². The Morgan fingerprint density at radius 2 is 1.89 bits per heavy atom. The van der Waals surface area contributed by atoms with E-state index in [1.807, 2.05) is 19.1 Å². The van der Waals surface area contributed by atoms with Crippen LogP contribution in [0.4, 0.5) is 15.8 Å². The summed E-state index contributed by atoms with van der Waals surface area (Å²) in [6, 6.07) is 17.4. The molecule has 0 radical (unpaired) electrons. The first-order valence-electron chi connectivity index (χ1n) is 11.2. The molecule has 1 amide bonds. The summed E-state index contributed by atoms with van der Waals surface area (Å²) in [4.78, 5) is 13.2. The minimum Gasteiger partial charge on any atom is -0.372 e. The summed E-state index contributed by atoms with van der Waals surface area (Å²) in [5, 5.41) is 3.36. The van der Waals surface area contributed by atoms with Gasteiger partial charge < -0.3 is 15.0 Å². The van der Waals surface area contributed by atoms with Crippen molar-refractivity contribution in [2.24, 2.45) is 0 Å². The molecule has 0 aliphatic carbocycles. The molecule has 0 saturated heterocycles. The van der Waals surface area contributed by atoms with Crippen molar-refractivity contribution >= 4 is 27.8 Å². The van der Waals surface area contributed by atoms with E-state index in [2.05, 4.69) is 10.0 Å². The van der Waals surface area contributed by atoms with E-state index in [9.17, 15) is 17.6 Å². The van der Waals surface area contributed by atoms with Gasteiger partial charge in [-0.15, -0.1) is 0 Å². The lowest BCUT2D eigenvalue weighted by atomic mass is 9.91. The largest absolute Gasteiger partial charge is 0.372 e. The first kappa shape index (κ1) is 24.8. The van der Waals surface area contributed by atoms with Crippen LogP contribution in [-0.2, 0) is 38.1 Å². The Bertz CT molecular complexity index is 1310. The average molecular weight is 498 g/mol. The molecule has 184 valence electrons. The molecule has 1 unspecified atom stereocenters. The Morgan fingerprint density at radius 3 is 2.60 bits per heavy atom. The van der Waals surface area contributed by atoms with Crippen LogP contribution in [0.3, 0.4) is 0 Å². The zero-order chi connectivity index (χ0) is 25.1. The van der Waals surface area contributed by atoms with Gasteiger partial charge in [0.15, 0.2) is 0 Å². The topological polar surface area (TPSA) is 87.7 Å². The van der Waals surface area contributed by atoms with E-state index in [-0.39, 0.29) is 22.9 Å². The fourth-order valence-electron chi connectivity index (χ4n) is 4.30. The van der Waals surface area contributed by atoms with Crippen molar-refractivity contribution in [1.82, 2.24) is 5.32 Å². The molecule has 0 aromatic heterocycles. The summed E-state index contributed by atoms with van der Waals surface area (Å²) in [7, 11) is -2.36. The van der Waals surface area contributed by atoms with Crippen LogP contribution < -0.4 is 14.9 Å². The summed E-state index contributed by atoms with van der Waals surface area (Å²) < 4.78 is 48.5. The molecule has 1 aliphatic rings. The SMILES string of the molecule is COC1(C)CNCCc2cc(NS(=O)(=O)c3ccccc3N(C=O)Cc3ccc(F)cc3)ccc21. The summed E-state index contributed by atoms with van der Waals surface area (Å²) in [5.74, 6) is -0.388. The number of benzene rings is 3. The minimum absolute atomic E-state index is 0.0347. The molecule has 0 bridgehead atoms. The summed E-state index contributed by atoms with van der Waals surface area (Å²) in [5.41, 5.74) is 2.82. The average Bonchev–Trinajstić information content (AvgIpc) is 3.02. The number of carbonyl (C=O) groups is 1. The number of nitrogens with zero attached hydrogens (tertiary/aromatic N) is 1. The van der Waals surface area contributed by atoms with Gasteiger partial charge in [-0.25, -0.2) is 12.8 Å². The molecule has 3 aromatic carbocycles. The maximum absolute atomic E-state index is 13.4. The standard InChI is InChI=1S/C26H28FN3O4S/c1-26(34-2)17-28-14-13-20-15-22(11-12-23(20)26)29-35(32,33)25-6-4-3-5-24(25)30(18-31)16-19-7-9-21(27)10-8-19/h3-12,15,18,28-29H,13-14,16-17H2,1-2H3. The van der Waals surface area contributed by atoms with Gasteiger partial charge in [0.25, 0.3) is 10.0 Å². The number of hydrogen-bond donors (Lipinski definition) is 2. The molecular weight excluding hydrogens is 469 g/mol. The van der Waals surface area contributed by atoms with E-state index in [1.54, 1.807) is 43.5 Å². The fourth-order valence-corrected chi connectivity index (χ4v) is 5.57. The van der Waals surface area contributed by atoms with Crippen molar-refractivity contribution in [1.29, 1.82) is 0 Å². The smallest absolute Gasteiger partial charge is 0.263 e. The van der Waals surface area contributed by atoms with E-state index in [0.29, 0.717) is 24.2 Å². The van der Waals surface area contributed by atoms with Gasteiger partial charge in [0.2, 0.25) is 6.41 Å². The van der Waals surface area contributed by atoms with Gasteiger partial charge in [0.1, 0.15) is 16.3 Å². The number of ether oxygens (including phenoxy) is 1. The number of sulfonamides is 1. The lowest BCUT2D eigenvalue weighted by molar-refractivity contribution is -0.107. The van der Waals surface area contributed by atoms with Gasteiger partial charge in [0, 0.05) is 19.3 Å². The first-order chi connectivity index (χ1) is 16.8. The molecule has 0 spiro atoms. The van der Waals surface area contributed by atoms with Gasteiger partial charge in [-0.05, 0) is 73.0 Å². The number of nitrogens with one attached hydrogen (secondary N) is 2. The Morgan fingerprint density at radius 1 is 1.14 bits per heavy atom. The van der Waals surface area contributed by atoms with Crippen LogP contribution in [0.25, 0.3) is 0 Å². The highest BCUT2D eigenvalue weighted by molar-refractivity contribution is 7.92. The fraction of sp³-hybridized carbons (Fsp3) is 0.269. The van der Waals surface area contributed by atoms with Crippen LogP contribution in [-0.4, -0.2) is 35.0 Å². The van der Waals surface area contributed by atoms with Crippen molar-refractivity contribution < 1.29 is 22.3 Å². The zero-order valence-electron chi connectivity index (χ0n) is 19.6. The number of carbonyl (C=O) groups excluding carboxylic acids is 1. The monoisotopic (exact) mass is 497 g/mol. The maximum Gasteiger partial charge on any atom is 0.263 e. The highest BCUT2D eigenvalue weighted by Crippen LogP contribution is 2.33. The quantitative estimate of drug-likeness (QED) is 0.463. The van der Waals surface area contributed by atoms with Crippen LogP contribution >= 0.6 is 0 Å². The van der Waals surface area contributed by atoms with E-state index in [1.165, 1.54) is 23.1 Å². The molecule has 35 heavy (non-hydrogen) atoms. The number of anilines is 2. The molecule has 9 heteroatoms. The summed E-state index contributed by atoms with van der Waals surface area (Å²) in [6.07, 6.45) is 1.30. The summed E-state index contributed by atoms with van der Waals surface area (Å²) in [6.45, 7) is 3.50. The van der Waals surface area contributed by atoms with E-state index >= 15 is 0 Å². The molecular formula is C26H28FN3O4S. The third-order valence-corrected chi connectivity index (χ3v) is 7.70. The van der Waals surface area contributed by atoms with Gasteiger partial charge in [-0.1, -0.05) is 30.3 Å². The van der Waals surface area contributed by atoms with Gasteiger partial charge in [-0.2, -0.15) is 0 Å². The van der Waals surface area contributed by atoms with Crippen molar-refractivity contribution in [2.45, 2.75) is 30.4 Å². The molecule has 7 nitrogen and oxygen atoms in total. The van der Waals surface area contributed by atoms with Gasteiger partial charge in [0.05, 0.1) is 12.2 Å². The van der Waals surface area contributed by atoms with E-state index in [0.717, 1.165) is 24.1 Å². The molecule has 2 N–H and O–H groups in total. The zero-order valence-corrected chi connectivity index (χ0v) is 20.4. The van der Waals surface area contributed by atoms with E-state index in [4.69, 9.17) is 4.74 Å². The lowest BCUT2D eigenvalue weighted by Crippen LogP contribution is -2.35. The number of para-hydroxylation sites is 1. The number of amides is 1. The molecule has 0 fully saturated rings. The highest BCUT2D eigenvalue weighted by atomic mass is 32.2. The number of methoxy groups -OCH3 is 1. The Balaban J connectivity index is 1.64. The van der Waals surface area contributed by atoms with Crippen LogP contribution in [0, 0.1) is 5.82 Å². The molecule has 1 atom stereocenters. The Kier molecular flexibility index (Phi) is 7.20. The summed E-state index contributed by atoms with van der Waals surface area (Å²) >= 11 is 0. The Labute approximate surface area is 205 Å². The normalized spacial score (nSPS) is 17.8. The van der Waals surface area contributed by atoms with Crippen molar-refractivity contribution in [3.05, 3.63) is 89.2 Å². The minimum atomic E-state index is -4.03. The predicted octanol–water partition coefficient (Wildman–Crippen LogP) is 3.80. The number of fused-ring (bicyclic) bond motifs is 1. The first-order valence-corrected chi connectivity index (χ1v) is 12.7. The molecule has 1 aliphatic heterocycles. The van der Waals surface area contributed by atoms with Crippen LogP contribution in [0.5, 0.6) is 0 Å². The molecule has 4 rings (SSSR count). The highest BCUT2D eigenvalue weighted by Gasteiger charge is 2.31. The van der Waals surface area contributed by atoms with Crippen LogP contribution in [0.1, 0.15) is 23.6 Å². The van der Waals surface area contributed by atoms with Gasteiger partial charge in [-0.3, -0.25) is 9.52 Å². The van der Waals surface area contributed by atoms with E-state index < -0.39 is 15.6 Å². The third-order valence-electron chi connectivity index (χ3n) is 6.27. The van der Waals surface area contributed by atoms with Crippen molar-refractivity contribution in [3.8, 4) is 0 Å². The van der Waals surface area contributed by atoms with Crippen molar-refractivity contribution in [2.75, 3.05) is 29.8 Å². The predicted molar refractivity (Wildman–Crippen MR) is 133 cm³/mol. The lowest BCUT2D eigenvalue weighted by Gasteiger charge is -2.29.